The lowest BCUT2D eigenvalue weighted by Crippen LogP contribution is -2.31. The summed E-state index contributed by atoms with van der Waals surface area (Å²) >= 11 is 0. The quantitative estimate of drug-likeness (QED) is 0.862. The summed E-state index contributed by atoms with van der Waals surface area (Å²) in [5, 5.41) is -0.0955. The molecular weight excluding hydrogens is 315 g/mol. The third kappa shape index (κ3) is 3.82. The van der Waals surface area contributed by atoms with Crippen LogP contribution in [0.3, 0.4) is 0 Å². The molecule has 2 atom stereocenters. The molecule has 0 bridgehead atoms. The van der Waals surface area contributed by atoms with Crippen molar-refractivity contribution in [1.82, 2.24) is 9.88 Å². The lowest BCUT2D eigenvalue weighted by atomic mass is 10.2. The van der Waals surface area contributed by atoms with E-state index < -0.39 is 10.8 Å². The molecule has 0 aliphatic carbocycles. The van der Waals surface area contributed by atoms with E-state index in [1.54, 1.807) is 29.4 Å². The highest BCUT2D eigenvalue weighted by molar-refractivity contribution is 7.85. The average Bonchev–Trinajstić information content (AvgIpc) is 3.06. The molecule has 1 aromatic carbocycles. The summed E-state index contributed by atoms with van der Waals surface area (Å²) in [6.07, 6.45) is 4.36. The normalized spacial score (nSPS) is 18.8. The van der Waals surface area contributed by atoms with Crippen molar-refractivity contribution in [1.29, 1.82) is 0 Å². The second-order valence-corrected chi connectivity index (χ2v) is 7.27. The number of likely N-dealkylation sites (tertiary alicyclic amines) is 1. The molecule has 0 spiro atoms. The van der Waals surface area contributed by atoms with E-state index in [2.05, 4.69) is 4.98 Å². The number of carbonyl (C=O) groups is 1. The average molecular weight is 332 g/mol. The second-order valence-electron chi connectivity index (χ2n) is 5.53. The van der Waals surface area contributed by atoms with Gasteiger partial charge in [-0.15, -0.1) is 0 Å². The number of hydrogen-bond donors (Lipinski definition) is 0. The Labute approximate surface area is 136 Å². The van der Waals surface area contributed by atoms with Crippen LogP contribution in [0.5, 0.6) is 0 Å². The topological polar surface area (TPSA) is 50.3 Å². The van der Waals surface area contributed by atoms with E-state index in [1.165, 1.54) is 12.1 Å². The summed E-state index contributed by atoms with van der Waals surface area (Å²) in [7, 11) is -1.22. The van der Waals surface area contributed by atoms with Gasteiger partial charge in [0.25, 0.3) is 0 Å². The maximum Gasteiger partial charge on any atom is 0.227 e. The lowest BCUT2D eigenvalue weighted by Gasteiger charge is -2.16. The molecule has 0 saturated carbocycles. The summed E-state index contributed by atoms with van der Waals surface area (Å²) in [4.78, 5) is 18.6. The Morgan fingerprint density at radius 2 is 1.91 bits per heavy atom. The summed E-state index contributed by atoms with van der Waals surface area (Å²) in [6.45, 7) is 1.09. The molecule has 0 N–H and O–H groups in total. The first-order chi connectivity index (χ1) is 11.1. The van der Waals surface area contributed by atoms with Crippen molar-refractivity contribution in [2.24, 2.45) is 0 Å². The number of hydrogen-bond acceptors (Lipinski definition) is 3. The van der Waals surface area contributed by atoms with Gasteiger partial charge in [0.1, 0.15) is 5.82 Å². The van der Waals surface area contributed by atoms with Crippen LogP contribution in [0.25, 0.3) is 0 Å². The SMILES string of the molecule is O=C(Cc1ccncc1)N1CCC(S(=O)c2ccc(F)cc2)C1. The molecule has 1 aromatic heterocycles. The van der Waals surface area contributed by atoms with Crippen LogP contribution in [0.1, 0.15) is 12.0 Å². The van der Waals surface area contributed by atoms with Gasteiger partial charge < -0.3 is 4.90 Å². The molecule has 3 rings (SSSR count). The monoisotopic (exact) mass is 332 g/mol. The molecule has 1 fully saturated rings. The molecule has 1 saturated heterocycles. The first-order valence-corrected chi connectivity index (χ1v) is 8.67. The highest BCUT2D eigenvalue weighted by Gasteiger charge is 2.30. The molecule has 2 unspecified atom stereocenters. The van der Waals surface area contributed by atoms with Crippen LogP contribution in [0, 0.1) is 5.82 Å². The summed E-state index contributed by atoms with van der Waals surface area (Å²) in [5.41, 5.74) is 0.924. The maximum absolute atomic E-state index is 12.9. The van der Waals surface area contributed by atoms with Crippen LogP contribution in [-0.4, -0.2) is 38.3 Å². The van der Waals surface area contributed by atoms with Crippen molar-refractivity contribution >= 4 is 16.7 Å². The van der Waals surface area contributed by atoms with Crippen LogP contribution in [0.15, 0.2) is 53.7 Å². The number of nitrogens with zero attached hydrogens (tertiary/aromatic N) is 2. The van der Waals surface area contributed by atoms with Gasteiger partial charge >= 0.3 is 0 Å². The summed E-state index contributed by atoms with van der Waals surface area (Å²) in [6, 6.07) is 9.37. The van der Waals surface area contributed by atoms with E-state index in [1.807, 2.05) is 12.1 Å². The number of halogens is 1. The Kier molecular flexibility index (Phi) is 4.81. The van der Waals surface area contributed by atoms with Crippen LogP contribution in [0.4, 0.5) is 4.39 Å². The predicted molar refractivity (Wildman–Crippen MR) is 85.7 cm³/mol. The smallest absolute Gasteiger partial charge is 0.227 e. The minimum atomic E-state index is -1.22. The van der Waals surface area contributed by atoms with Crippen LogP contribution < -0.4 is 0 Å². The predicted octanol–water partition coefficient (Wildman–Crippen LogP) is 2.17. The largest absolute Gasteiger partial charge is 0.341 e. The van der Waals surface area contributed by atoms with Gasteiger partial charge in [-0.1, -0.05) is 0 Å². The van der Waals surface area contributed by atoms with Gasteiger partial charge in [0.15, 0.2) is 0 Å². The first kappa shape index (κ1) is 15.8. The van der Waals surface area contributed by atoms with Gasteiger partial charge in [-0.25, -0.2) is 4.39 Å². The molecule has 6 heteroatoms. The molecule has 1 aliphatic heterocycles. The van der Waals surface area contributed by atoms with E-state index in [0.29, 0.717) is 30.8 Å². The van der Waals surface area contributed by atoms with E-state index in [9.17, 15) is 13.4 Å². The lowest BCUT2D eigenvalue weighted by molar-refractivity contribution is -0.129. The molecule has 0 radical (unpaired) electrons. The molecule has 1 amide bonds. The number of amides is 1. The molecular formula is C17H17FN2O2S. The van der Waals surface area contributed by atoms with Gasteiger partial charge in [0.05, 0.1) is 22.5 Å². The first-order valence-electron chi connectivity index (χ1n) is 7.46. The van der Waals surface area contributed by atoms with E-state index in [4.69, 9.17) is 0 Å². The third-order valence-corrected chi connectivity index (χ3v) is 5.68. The molecule has 23 heavy (non-hydrogen) atoms. The second kappa shape index (κ2) is 7.00. The van der Waals surface area contributed by atoms with Crippen molar-refractivity contribution < 1.29 is 13.4 Å². The zero-order chi connectivity index (χ0) is 16.2. The van der Waals surface area contributed by atoms with Crippen LogP contribution in [-0.2, 0) is 22.0 Å². The Hall–Kier alpha value is -2.08. The minimum Gasteiger partial charge on any atom is -0.341 e. The number of carbonyl (C=O) groups excluding carboxylic acids is 1. The van der Waals surface area contributed by atoms with Crippen LogP contribution >= 0.6 is 0 Å². The highest BCUT2D eigenvalue weighted by atomic mass is 32.2. The van der Waals surface area contributed by atoms with Crippen LogP contribution in [0.2, 0.25) is 0 Å². The number of benzene rings is 1. The Morgan fingerprint density at radius 1 is 1.22 bits per heavy atom. The minimum absolute atomic E-state index is 0.0369. The number of pyridine rings is 1. The summed E-state index contributed by atoms with van der Waals surface area (Å²) in [5.74, 6) is -0.305. The molecule has 4 nitrogen and oxygen atoms in total. The Morgan fingerprint density at radius 3 is 2.61 bits per heavy atom. The van der Waals surface area contributed by atoms with E-state index in [0.717, 1.165) is 5.56 Å². The molecule has 2 heterocycles. The van der Waals surface area contributed by atoms with Crippen molar-refractivity contribution in [2.75, 3.05) is 13.1 Å². The molecule has 2 aromatic rings. The van der Waals surface area contributed by atoms with Gasteiger partial charge in [-0.2, -0.15) is 0 Å². The van der Waals surface area contributed by atoms with E-state index >= 15 is 0 Å². The number of rotatable bonds is 4. The highest BCUT2D eigenvalue weighted by Crippen LogP contribution is 2.21. The van der Waals surface area contributed by atoms with Gasteiger partial charge in [0, 0.05) is 30.4 Å². The van der Waals surface area contributed by atoms with Crippen molar-refractivity contribution in [3.05, 3.63) is 60.2 Å². The van der Waals surface area contributed by atoms with Crippen molar-refractivity contribution in [2.45, 2.75) is 23.0 Å². The fourth-order valence-electron chi connectivity index (χ4n) is 2.68. The Bertz CT molecular complexity index is 706. The zero-order valence-corrected chi connectivity index (χ0v) is 13.3. The van der Waals surface area contributed by atoms with Gasteiger partial charge in [-0.3, -0.25) is 14.0 Å². The van der Waals surface area contributed by atoms with Crippen molar-refractivity contribution in [3.63, 3.8) is 0 Å². The third-order valence-electron chi connectivity index (χ3n) is 3.95. The Balaban J connectivity index is 1.60. The summed E-state index contributed by atoms with van der Waals surface area (Å²) < 4.78 is 25.5. The standard InChI is InChI=1S/C17H17FN2O2S/c18-14-1-3-15(4-2-14)23(22)16-7-10-20(12-16)17(21)11-13-5-8-19-9-6-13/h1-6,8-9,16H,7,10-12H2. The molecule has 1 aliphatic rings. The van der Waals surface area contributed by atoms with Crippen molar-refractivity contribution in [3.8, 4) is 0 Å². The maximum atomic E-state index is 12.9. The number of aromatic nitrogens is 1. The zero-order valence-electron chi connectivity index (χ0n) is 12.5. The molecule has 120 valence electrons. The fourth-order valence-corrected chi connectivity index (χ4v) is 4.10. The fraction of sp³-hybridized carbons (Fsp3) is 0.294. The van der Waals surface area contributed by atoms with Gasteiger partial charge in [0.2, 0.25) is 5.91 Å². The van der Waals surface area contributed by atoms with E-state index in [-0.39, 0.29) is 17.0 Å². The van der Waals surface area contributed by atoms with Gasteiger partial charge in [-0.05, 0) is 48.4 Å².